The molecule has 25 heavy (non-hydrogen) atoms. The van der Waals surface area contributed by atoms with Gasteiger partial charge >= 0.3 is 0 Å². The minimum Gasteiger partial charge on any atom is -0.393 e. The number of nitrogens with zero attached hydrogens (tertiary/aromatic N) is 4. The van der Waals surface area contributed by atoms with E-state index in [1.54, 1.807) is 17.7 Å². The summed E-state index contributed by atoms with van der Waals surface area (Å²) in [6, 6.07) is 6.25. The number of fused-ring (bicyclic) bond motifs is 1. The normalized spacial score (nSPS) is 15.7. The van der Waals surface area contributed by atoms with E-state index >= 15 is 0 Å². The summed E-state index contributed by atoms with van der Waals surface area (Å²) in [5, 5.41) is 4.07. The molecule has 0 atom stereocenters. The molecule has 1 saturated heterocycles. The molecule has 4 rings (SSSR count). The van der Waals surface area contributed by atoms with Crippen molar-refractivity contribution in [2.45, 2.75) is 26.7 Å². The molecule has 3 aromatic rings. The SMILES string of the molecule is Cc1ccc2nc(Nc3ncnc(N4CCC(C)CC4)c3N)sc2c1. The quantitative estimate of drug-likeness (QED) is 0.741. The van der Waals surface area contributed by atoms with Crippen molar-refractivity contribution in [1.82, 2.24) is 15.0 Å². The third-order valence-corrected chi connectivity index (χ3v) is 5.65. The molecule has 0 radical (unpaired) electrons. The average Bonchev–Trinajstić information content (AvgIpc) is 2.99. The Morgan fingerprint density at radius 2 is 2.04 bits per heavy atom. The van der Waals surface area contributed by atoms with Crippen LogP contribution in [0.1, 0.15) is 25.3 Å². The molecule has 0 saturated carbocycles. The van der Waals surface area contributed by atoms with Gasteiger partial charge in [-0.3, -0.25) is 0 Å². The number of nitrogens with two attached hydrogens (primary N) is 1. The highest BCUT2D eigenvalue weighted by Crippen LogP contribution is 2.33. The highest BCUT2D eigenvalue weighted by Gasteiger charge is 2.21. The monoisotopic (exact) mass is 354 g/mol. The Bertz CT molecular complexity index is 898. The first-order chi connectivity index (χ1) is 12.1. The molecule has 0 spiro atoms. The fourth-order valence-corrected chi connectivity index (χ4v) is 4.11. The molecular formula is C18H22N6S. The fraction of sp³-hybridized carbons (Fsp3) is 0.389. The Morgan fingerprint density at radius 1 is 1.24 bits per heavy atom. The highest BCUT2D eigenvalue weighted by molar-refractivity contribution is 7.22. The van der Waals surface area contributed by atoms with Crippen molar-refractivity contribution in [2.24, 2.45) is 5.92 Å². The van der Waals surface area contributed by atoms with E-state index in [0.717, 1.165) is 40.2 Å². The summed E-state index contributed by atoms with van der Waals surface area (Å²) < 4.78 is 1.15. The molecular weight excluding hydrogens is 332 g/mol. The maximum absolute atomic E-state index is 6.36. The van der Waals surface area contributed by atoms with Crippen LogP contribution >= 0.6 is 11.3 Å². The van der Waals surface area contributed by atoms with Gasteiger partial charge in [-0.25, -0.2) is 15.0 Å². The predicted octanol–water partition coefficient (Wildman–Crippen LogP) is 3.96. The van der Waals surface area contributed by atoms with Gasteiger partial charge in [-0.2, -0.15) is 0 Å². The summed E-state index contributed by atoms with van der Waals surface area (Å²) >= 11 is 1.60. The number of thiazole rings is 1. The van der Waals surface area contributed by atoms with Crippen LogP contribution in [0.25, 0.3) is 10.2 Å². The molecule has 0 amide bonds. The second-order valence-electron chi connectivity index (χ2n) is 6.74. The topological polar surface area (TPSA) is 80.0 Å². The Balaban J connectivity index is 1.60. The number of aryl methyl sites for hydroxylation is 1. The van der Waals surface area contributed by atoms with Crippen molar-refractivity contribution < 1.29 is 0 Å². The number of anilines is 4. The standard InChI is InChI=1S/C18H22N6S/c1-11-5-7-24(8-6-11)17-15(19)16(20-10-21-17)23-18-22-13-4-3-12(2)9-14(13)25-18/h3-4,9-11H,5-8,19H2,1-2H3,(H,20,21,22,23). The number of piperidine rings is 1. The van der Waals surface area contributed by atoms with Gasteiger partial charge < -0.3 is 16.0 Å². The molecule has 7 heteroatoms. The molecule has 0 unspecified atom stereocenters. The van der Waals surface area contributed by atoms with E-state index in [-0.39, 0.29) is 0 Å². The molecule has 1 aromatic carbocycles. The summed E-state index contributed by atoms with van der Waals surface area (Å²) in [6.07, 6.45) is 3.91. The molecule has 3 heterocycles. The maximum Gasteiger partial charge on any atom is 0.189 e. The van der Waals surface area contributed by atoms with Crippen LogP contribution in [0.4, 0.5) is 22.5 Å². The lowest BCUT2D eigenvalue weighted by Crippen LogP contribution is -2.34. The minimum atomic E-state index is 0.590. The largest absolute Gasteiger partial charge is 0.393 e. The zero-order chi connectivity index (χ0) is 17.4. The smallest absolute Gasteiger partial charge is 0.189 e. The van der Waals surface area contributed by atoms with Gasteiger partial charge in [0.05, 0.1) is 10.2 Å². The van der Waals surface area contributed by atoms with E-state index < -0.39 is 0 Å². The molecule has 130 valence electrons. The van der Waals surface area contributed by atoms with Gasteiger partial charge in [-0.15, -0.1) is 0 Å². The minimum absolute atomic E-state index is 0.590. The van der Waals surface area contributed by atoms with Crippen LogP contribution in [-0.2, 0) is 0 Å². The molecule has 1 aliphatic heterocycles. The lowest BCUT2D eigenvalue weighted by atomic mass is 9.99. The molecule has 6 nitrogen and oxygen atoms in total. The summed E-state index contributed by atoms with van der Waals surface area (Å²) in [7, 11) is 0. The van der Waals surface area contributed by atoms with Gasteiger partial charge in [0.2, 0.25) is 0 Å². The van der Waals surface area contributed by atoms with Gasteiger partial charge in [0.15, 0.2) is 16.8 Å². The van der Waals surface area contributed by atoms with Gasteiger partial charge in [0.1, 0.15) is 12.0 Å². The number of nitrogen functional groups attached to an aromatic ring is 1. The molecule has 3 N–H and O–H groups in total. The van der Waals surface area contributed by atoms with Crippen molar-refractivity contribution in [3.63, 3.8) is 0 Å². The summed E-state index contributed by atoms with van der Waals surface area (Å²) in [5.74, 6) is 2.21. The van der Waals surface area contributed by atoms with E-state index in [1.165, 1.54) is 18.4 Å². The molecule has 2 aromatic heterocycles. The first kappa shape index (κ1) is 16.1. The molecule has 0 aliphatic carbocycles. The number of nitrogens with one attached hydrogen (secondary N) is 1. The van der Waals surface area contributed by atoms with Crippen LogP contribution in [0.3, 0.4) is 0 Å². The number of hydrogen-bond donors (Lipinski definition) is 2. The van der Waals surface area contributed by atoms with Crippen LogP contribution in [0.5, 0.6) is 0 Å². The Morgan fingerprint density at radius 3 is 2.84 bits per heavy atom. The zero-order valence-electron chi connectivity index (χ0n) is 14.5. The Hall–Kier alpha value is -2.41. The summed E-state index contributed by atoms with van der Waals surface area (Å²) in [6.45, 7) is 6.35. The van der Waals surface area contributed by atoms with E-state index in [0.29, 0.717) is 11.5 Å². The highest BCUT2D eigenvalue weighted by atomic mass is 32.1. The van der Waals surface area contributed by atoms with Gasteiger partial charge in [-0.05, 0) is 43.4 Å². The van der Waals surface area contributed by atoms with Crippen LogP contribution in [0.15, 0.2) is 24.5 Å². The van der Waals surface area contributed by atoms with E-state index in [9.17, 15) is 0 Å². The maximum atomic E-state index is 6.36. The van der Waals surface area contributed by atoms with Gasteiger partial charge in [0.25, 0.3) is 0 Å². The second kappa shape index (κ2) is 6.48. The second-order valence-corrected chi connectivity index (χ2v) is 7.77. The van der Waals surface area contributed by atoms with Crippen molar-refractivity contribution in [1.29, 1.82) is 0 Å². The zero-order valence-corrected chi connectivity index (χ0v) is 15.3. The average molecular weight is 354 g/mol. The predicted molar refractivity (Wildman–Crippen MR) is 105 cm³/mol. The van der Waals surface area contributed by atoms with Crippen molar-refractivity contribution >= 4 is 44.0 Å². The van der Waals surface area contributed by atoms with Crippen molar-refractivity contribution in [2.75, 3.05) is 29.0 Å². The lowest BCUT2D eigenvalue weighted by molar-refractivity contribution is 0.437. The summed E-state index contributed by atoms with van der Waals surface area (Å²) in [5.41, 5.74) is 9.16. The van der Waals surface area contributed by atoms with Crippen molar-refractivity contribution in [3.05, 3.63) is 30.1 Å². The van der Waals surface area contributed by atoms with Crippen molar-refractivity contribution in [3.8, 4) is 0 Å². The fourth-order valence-electron chi connectivity index (χ4n) is 3.14. The van der Waals surface area contributed by atoms with Crippen LogP contribution < -0.4 is 16.0 Å². The molecule has 0 bridgehead atoms. The lowest BCUT2D eigenvalue weighted by Gasteiger charge is -2.32. The summed E-state index contributed by atoms with van der Waals surface area (Å²) in [4.78, 5) is 15.6. The van der Waals surface area contributed by atoms with Crippen LogP contribution in [-0.4, -0.2) is 28.0 Å². The number of benzene rings is 1. The van der Waals surface area contributed by atoms with E-state index in [1.807, 2.05) is 6.07 Å². The molecule has 1 aliphatic rings. The third-order valence-electron chi connectivity index (χ3n) is 4.72. The van der Waals surface area contributed by atoms with Gasteiger partial charge in [0, 0.05) is 13.1 Å². The number of rotatable bonds is 3. The molecule has 1 fully saturated rings. The van der Waals surface area contributed by atoms with E-state index in [4.69, 9.17) is 5.73 Å². The van der Waals surface area contributed by atoms with Crippen LogP contribution in [0.2, 0.25) is 0 Å². The third kappa shape index (κ3) is 3.24. The number of hydrogen-bond acceptors (Lipinski definition) is 7. The first-order valence-corrected chi connectivity index (χ1v) is 9.41. The number of aromatic nitrogens is 3. The Kier molecular flexibility index (Phi) is 4.17. The Labute approximate surface area is 151 Å². The van der Waals surface area contributed by atoms with E-state index in [2.05, 4.69) is 51.1 Å². The van der Waals surface area contributed by atoms with Crippen LogP contribution in [0, 0.1) is 12.8 Å². The van der Waals surface area contributed by atoms with Gasteiger partial charge in [-0.1, -0.05) is 24.3 Å². The first-order valence-electron chi connectivity index (χ1n) is 8.60.